The smallest absolute Gasteiger partial charge is 0.258 e. The second-order valence-electron chi connectivity index (χ2n) is 4.74. The Morgan fingerprint density at radius 3 is 3.14 bits per heavy atom. The highest BCUT2D eigenvalue weighted by atomic mass is 16.5. The van der Waals surface area contributed by atoms with Crippen LogP contribution >= 0.6 is 0 Å². The van der Waals surface area contributed by atoms with Gasteiger partial charge in [0.25, 0.3) is 5.91 Å². The van der Waals surface area contributed by atoms with Crippen molar-refractivity contribution in [2.24, 2.45) is 0 Å². The van der Waals surface area contributed by atoms with Crippen molar-refractivity contribution in [3.05, 3.63) is 24.5 Å². The quantitative estimate of drug-likeness (QED) is 0.815. The Labute approximate surface area is 123 Å². The summed E-state index contributed by atoms with van der Waals surface area (Å²) < 4.78 is 10.8. The van der Waals surface area contributed by atoms with Gasteiger partial charge in [-0.25, -0.2) is 0 Å². The second-order valence-corrected chi connectivity index (χ2v) is 4.74. The van der Waals surface area contributed by atoms with E-state index >= 15 is 0 Å². The van der Waals surface area contributed by atoms with E-state index in [-0.39, 0.29) is 24.5 Å². The van der Waals surface area contributed by atoms with Crippen molar-refractivity contribution >= 4 is 11.8 Å². The van der Waals surface area contributed by atoms with E-state index < -0.39 is 0 Å². The third kappa shape index (κ3) is 5.03. The minimum atomic E-state index is -0.234. The Bertz CT molecular complexity index is 480. The van der Waals surface area contributed by atoms with Gasteiger partial charge in [0.1, 0.15) is 5.75 Å². The Morgan fingerprint density at radius 2 is 2.43 bits per heavy atom. The molecule has 0 spiro atoms. The van der Waals surface area contributed by atoms with Gasteiger partial charge < -0.3 is 19.7 Å². The van der Waals surface area contributed by atoms with Crippen LogP contribution in [0.15, 0.2) is 24.5 Å². The third-order valence-corrected chi connectivity index (χ3v) is 3.12. The highest BCUT2D eigenvalue weighted by Crippen LogP contribution is 2.06. The fraction of sp³-hybridized carbons (Fsp3) is 0.500. The van der Waals surface area contributed by atoms with Crippen molar-refractivity contribution in [2.45, 2.75) is 13.0 Å². The summed E-state index contributed by atoms with van der Waals surface area (Å²) in [5, 5.41) is 2.73. The molecule has 2 amide bonds. The van der Waals surface area contributed by atoms with Gasteiger partial charge in [-0.15, -0.1) is 0 Å². The van der Waals surface area contributed by atoms with Gasteiger partial charge in [-0.2, -0.15) is 0 Å². The van der Waals surface area contributed by atoms with E-state index in [0.29, 0.717) is 32.0 Å². The van der Waals surface area contributed by atoms with Crippen LogP contribution in [0.25, 0.3) is 0 Å². The molecule has 0 bridgehead atoms. The first kappa shape index (κ1) is 15.2. The molecule has 1 N–H and O–H groups in total. The molecule has 7 heteroatoms. The summed E-state index contributed by atoms with van der Waals surface area (Å²) in [5.74, 6) is 0.335. The lowest BCUT2D eigenvalue weighted by atomic mass is 10.2. The second kappa shape index (κ2) is 7.58. The maximum atomic E-state index is 11.7. The standard InChI is InChI=1S/C14H19N3O4/c1-11(18)17-5-6-20-13(9-17)8-16-14(19)10-21-12-3-2-4-15-7-12/h2-4,7,13H,5-6,8-10H2,1H3,(H,16,19)/t13-/m0/s1. The molecule has 1 aromatic rings. The Hall–Kier alpha value is -2.15. The fourth-order valence-electron chi connectivity index (χ4n) is 1.99. The summed E-state index contributed by atoms with van der Waals surface area (Å²) in [6.45, 7) is 3.41. The minimum absolute atomic E-state index is 0.0227. The molecule has 0 aliphatic carbocycles. The van der Waals surface area contributed by atoms with Crippen molar-refractivity contribution in [3.63, 3.8) is 0 Å². The molecule has 7 nitrogen and oxygen atoms in total. The zero-order chi connectivity index (χ0) is 15.1. The first-order valence-electron chi connectivity index (χ1n) is 6.82. The highest BCUT2D eigenvalue weighted by Gasteiger charge is 2.22. The lowest BCUT2D eigenvalue weighted by molar-refractivity contribution is -0.136. The molecule has 1 aromatic heterocycles. The predicted molar refractivity (Wildman–Crippen MR) is 74.7 cm³/mol. The molecule has 1 aliphatic heterocycles. The molecule has 1 atom stereocenters. The SMILES string of the molecule is CC(=O)N1CCO[C@@H](CNC(=O)COc2cccnc2)C1. The van der Waals surface area contributed by atoms with Crippen LogP contribution in [-0.2, 0) is 14.3 Å². The molecule has 0 radical (unpaired) electrons. The van der Waals surface area contributed by atoms with E-state index in [2.05, 4.69) is 10.3 Å². The lowest BCUT2D eigenvalue weighted by Crippen LogP contribution is -2.49. The molecule has 1 fully saturated rings. The third-order valence-electron chi connectivity index (χ3n) is 3.12. The number of morpholine rings is 1. The number of carbonyl (C=O) groups excluding carboxylic acids is 2. The van der Waals surface area contributed by atoms with Crippen LogP contribution in [0.1, 0.15) is 6.92 Å². The van der Waals surface area contributed by atoms with Gasteiger partial charge in [0.2, 0.25) is 5.91 Å². The summed E-state index contributed by atoms with van der Waals surface area (Å²) in [6.07, 6.45) is 3.00. The first-order chi connectivity index (χ1) is 10.1. The van der Waals surface area contributed by atoms with Crippen molar-refractivity contribution in [2.75, 3.05) is 32.8 Å². The zero-order valence-electron chi connectivity index (χ0n) is 11.9. The van der Waals surface area contributed by atoms with Crippen LogP contribution < -0.4 is 10.1 Å². The Morgan fingerprint density at radius 1 is 1.57 bits per heavy atom. The van der Waals surface area contributed by atoms with Gasteiger partial charge >= 0.3 is 0 Å². The highest BCUT2D eigenvalue weighted by molar-refractivity contribution is 5.77. The fourth-order valence-corrected chi connectivity index (χ4v) is 1.99. The summed E-state index contributed by atoms with van der Waals surface area (Å²) in [6, 6.07) is 3.47. The molecule has 114 valence electrons. The average Bonchev–Trinajstić information content (AvgIpc) is 2.52. The van der Waals surface area contributed by atoms with Crippen molar-refractivity contribution in [1.29, 1.82) is 0 Å². The number of pyridine rings is 1. The number of hydrogen-bond donors (Lipinski definition) is 1. The predicted octanol–water partition coefficient (Wildman–Crippen LogP) is -0.176. The number of ether oxygens (including phenoxy) is 2. The van der Waals surface area contributed by atoms with Gasteiger partial charge in [0.15, 0.2) is 6.61 Å². The average molecular weight is 293 g/mol. The number of nitrogens with zero attached hydrogens (tertiary/aromatic N) is 2. The van der Waals surface area contributed by atoms with Crippen molar-refractivity contribution < 1.29 is 19.1 Å². The molecule has 2 heterocycles. The Balaban J connectivity index is 1.68. The molecule has 0 aromatic carbocycles. The van der Waals surface area contributed by atoms with Crippen molar-refractivity contribution in [1.82, 2.24) is 15.2 Å². The molecule has 2 rings (SSSR count). The number of hydrogen-bond acceptors (Lipinski definition) is 5. The lowest BCUT2D eigenvalue weighted by Gasteiger charge is -2.32. The number of carbonyl (C=O) groups is 2. The Kier molecular flexibility index (Phi) is 5.51. The number of rotatable bonds is 5. The van der Waals surface area contributed by atoms with E-state index in [9.17, 15) is 9.59 Å². The summed E-state index contributed by atoms with van der Waals surface area (Å²) in [4.78, 5) is 28.6. The van der Waals surface area contributed by atoms with Crippen LogP contribution in [0.4, 0.5) is 0 Å². The van der Waals surface area contributed by atoms with Gasteiger partial charge in [-0.1, -0.05) is 0 Å². The van der Waals surface area contributed by atoms with Crippen molar-refractivity contribution in [3.8, 4) is 5.75 Å². The molecule has 0 unspecified atom stereocenters. The van der Waals surface area contributed by atoms with Gasteiger partial charge in [-0.05, 0) is 12.1 Å². The van der Waals surface area contributed by atoms with Crippen LogP contribution in [0.2, 0.25) is 0 Å². The number of amides is 2. The van der Waals surface area contributed by atoms with Crippen LogP contribution in [0, 0.1) is 0 Å². The van der Waals surface area contributed by atoms with Crippen LogP contribution in [0.5, 0.6) is 5.75 Å². The summed E-state index contributed by atoms with van der Waals surface area (Å²) in [7, 11) is 0. The maximum Gasteiger partial charge on any atom is 0.258 e. The van der Waals surface area contributed by atoms with E-state index in [1.165, 1.54) is 6.92 Å². The normalized spacial score (nSPS) is 18.1. The number of nitrogens with one attached hydrogen (secondary N) is 1. The monoisotopic (exact) mass is 293 g/mol. The molecule has 21 heavy (non-hydrogen) atoms. The summed E-state index contributed by atoms with van der Waals surface area (Å²) in [5.41, 5.74) is 0. The molecule has 0 saturated carbocycles. The van der Waals surface area contributed by atoms with Gasteiger partial charge in [0.05, 0.1) is 18.9 Å². The van der Waals surface area contributed by atoms with E-state index in [0.717, 1.165) is 0 Å². The minimum Gasteiger partial charge on any atom is -0.482 e. The summed E-state index contributed by atoms with van der Waals surface area (Å²) >= 11 is 0. The molecule has 1 aliphatic rings. The number of aromatic nitrogens is 1. The van der Waals surface area contributed by atoms with Gasteiger partial charge in [0, 0.05) is 32.8 Å². The van der Waals surface area contributed by atoms with E-state index in [1.807, 2.05) is 0 Å². The zero-order valence-corrected chi connectivity index (χ0v) is 11.9. The van der Waals surface area contributed by atoms with E-state index in [1.54, 1.807) is 29.4 Å². The van der Waals surface area contributed by atoms with Crippen LogP contribution in [-0.4, -0.2) is 60.7 Å². The topological polar surface area (TPSA) is 80.8 Å². The molecule has 1 saturated heterocycles. The maximum absolute atomic E-state index is 11.7. The van der Waals surface area contributed by atoms with Gasteiger partial charge in [-0.3, -0.25) is 14.6 Å². The molecular weight excluding hydrogens is 274 g/mol. The van der Waals surface area contributed by atoms with E-state index in [4.69, 9.17) is 9.47 Å². The largest absolute Gasteiger partial charge is 0.482 e. The van der Waals surface area contributed by atoms with Crippen LogP contribution in [0.3, 0.4) is 0 Å². The first-order valence-corrected chi connectivity index (χ1v) is 6.82. The molecular formula is C14H19N3O4.